The van der Waals surface area contributed by atoms with E-state index in [-0.39, 0.29) is 0 Å². The van der Waals surface area contributed by atoms with E-state index in [1.54, 1.807) is 60.7 Å². The largest absolute Gasteiger partial charge is 0.240 e. The molecule has 0 aliphatic heterocycles. The Morgan fingerprint density at radius 3 is 0.804 bits per heavy atom. The third-order valence-electron chi connectivity index (χ3n) is 9.24. The molecule has 0 saturated heterocycles. The fourth-order valence-corrected chi connectivity index (χ4v) is 7.41. The van der Waals surface area contributed by atoms with Crippen LogP contribution in [0.2, 0.25) is 0 Å². The molecule has 8 heteroatoms. The third kappa shape index (κ3) is 5.61. The highest BCUT2D eigenvalue weighted by atomic mass is 16.1. The molecule has 0 bridgehead atoms. The molecular weight excluding hydrogens is 636 g/mol. The van der Waals surface area contributed by atoms with Crippen molar-refractivity contribution >= 4 is 35.7 Å². The van der Waals surface area contributed by atoms with Gasteiger partial charge in [-0.2, -0.15) is 20.0 Å². The molecule has 0 unspecified atom stereocenters. The zero-order valence-corrected chi connectivity index (χ0v) is 27.1. The van der Waals surface area contributed by atoms with Crippen LogP contribution in [0.1, 0.15) is 33.4 Å². The van der Waals surface area contributed by atoms with Gasteiger partial charge in [-0.3, -0.25) is 0 Å². The van der Waals surface area contributed by atoms with E-state index >= 15 is 0 Å². The molecule has 0 spiro atoms. The number of carbonyl (C=O) groups excluding carboxylic acids is 4. The normalized spacial score (nSPS) is 12.1. The van der Waals surface area contributed by atoms with Gasteiger partial charge in [0.2, 0.25) is 30.0 Å². The lowest BCUT2D eigenvalue weighted by molar-refractivity contribution is 0.222. The maximum absolute atomic E-state index is 13.3. The zero-order chi connectivity index (χ0) is 35.6. The lowest BCUT2D eigenvalue weighted by Gasteiger charge is -2.55. The van der Waals surface area contributed by atoms with Crippen molar-refractivity contribution in [2.45, 2.75) is 16.5 Å². The van der Waals surface area contributed by atoms with Crippen LogP contribution in [-0.2, 0) is 30.0 Å². The maximum atomic E-state index is 13.3. The summed E-state index contributed by atoms with van der Waals surface area (Å²) in [4.78, 5) is 66.2. The van der Waals surface area contributed by atoms with Crippen LogP contribution in [0.25, 0.3) is 0 Å². The molecule has 6 aromatic rings. The van der Waals surface area contributed by atoms with E-state index in [1.165, 1.54) is 0 Å². The first-order chi connectivity index (χ1) is 25.1. The summed E-state index contributed by atoms with van der Waals surface area (Å²) < 4.78 is 0. The van der Waals surface area contributed by atoms with Crippen LogP contribution in [0.4, 0.5) is 11.4 Å². The summed E-state index contributed by atoms with van der Waals surface area (Å²) in [5.41, 5.74) is -1.11. The molecule has 0 atom stereocenters. The van der Waals surface area contributed by atoms with Crippen LogP contribution in [0, 0.1) is 0 Å². The van der Waals surface area contributed by atoms with Crippen LogP contribution in [0.5, 0.6) is 0 Å². The molecule has 0 aliphatic rings. The molecule has 0 heterocycles. The van der Waals surface area contributed by atoms with E-state index in [1.807, 2.05) is 133 Å². The van der Waals surface area contributed by atoms with Crippen LogP contribution < -0.4 is 0 Å². The van der Waals surface area contributed by atoms with Gasteiger partial charge in [0.1, 0.15) is 0 Å². The Kier molecular flexibility index (Phi) is 9.88. The molecule has 8 nitrogen and oxygen atoms in total. The van der Waals surface area contributed by atoms with Crippen molar-refractivity contribution < 1.29 is 19.2 Å². The second kappa shape index (κ2) is 14.9. The molecule has 51 heavy (non-hydrogen) atoms. The highest BCUT2D eigenvalue weighted by molar-refractivity contribution is 5.68. The average Bonchev–Trinajstić information content (AvgIpc) is 3.19. The Morgan fingerprint density at radius 2 is 0.569 bits per heavy atom. The van der Waals surface area contributed by atoms with Crippen molar-refractivity contribution in [3.8, 4) is 0 Å². The Balaban J connectivity index is 1.98. The Morgan fingerprint density at radius 1 is 0.314 bits per heavy atom. The van der Waals surface area contributed by atoms with E-state index in [9.17, 15) is 19.2 Å². The first kappa shape index (κ1) is 33.7. The van der Waals surface area contributed by atoms with Crippen molar-refractivity contribution in [2.24, 2.45) is 20.0 Å². The zero-order valence-electron chi connectivity index (χ0n) is 27.1. The lowest BCUT2D eigenvalue weighted by Crippen LogP contribution is -2.64. The minimum atomic E-state index is -2.18. The van der Waals surface area contributed by atoms with Crippen LogP contribution in [0.3, 0.4) is 0 Å². The SMILES string of the molecule is O=C=Nc1ccc(C(c2ccccc2)(c2ccccc2)C(N=C=O)(N=C=O)C(c2ccccc2)(c2ccccc2)c2ccc(N=C=O)cc2)cc1. The summed E-state index contributed by atoms with van der Waals surface area (Å²) in [6.07, 6.45) is 6.86. The Labute approximate surface area is 293 Å². The van der Waals surface area contributed by atoms with Crippen molar-refractivity contribution in [2.75, 3.05) is 0 Å². The highest BCUT2D eigenvalue weighted by Gasteiger charge is 2.68. The average molecular weight is 665 g/mol. The van der Waals surface area contributed by atoms with Gasteiger partial charge in [0, 0.05) is 0 Å². The molecule has 0 fully saturated rings. The summed E-state index contributed by atoms with van der Waals surface area (Å²) in [7, 11) is 0. The number of hydrogen-bond donors (Lipinski definition) is 0. The van der Waals surface area contributed by atoms with E-state index in [4.69, 9.17) is 9.98 Å². The predicted octanol–water partition coefficient (Wildman–Crippen LogP) is 8.36. The molecule has 0 aliphatic carbocycles. The molecular formula is C43H28N4O4. The van der Waals surface area contributed by atoms with Crippen LogP contribution in [-0.4, -0.2) is 30.0 Å². The molecule has 0 N–H and O–H groups in total. The van der Waals surface area contributed by atoms with Crippen LogP contribution in [0.15, 0.2) is 190 Å². The first-order valence-electron chi connectivity index (χ1n) is 15.9. The van der Waals surface area contributed by atoms with Gasteiger partial charge in [0.25, 0.3) is 0 Å². The predicted molar refractivity (Wildman–Crippen MR) is 193 cm³/mol. The monoisotopic (exact) mass is 664 g/mol. The third-order valence-corrected chi connectivity index (χ3v) is 9.24. The number of rotatable bonds is 12. The van der Waals surface area contributed by atoms with Crippen molar-refractivity contribution in [3.05, 3.63) is 203 Å². The highest BCUT2D eigenvalue weighted by Crippen LogP contribution is 2.62. The van der Waals surface area contributed by atoms with Gasteiger partial charge in [-0.05, 0) is 57.6 Å². The number of benzene rings is 6. The number of nitrogens with zero attached hydrogens (tertiary/aromatic N) is 4. The van der Waals surface area contributed by atoms with Crippen molar-refractivity contribution in [1.29, 1.82) is 0 Å². The molecule has 244 valence electrons. The maximum Gasteiger partial charge on any atom is 0.240 e. The number of isocyanates is 4. The van der Waals surface area contributed by atoms with Gasteiger partial charge in [-0.1, -0.05) is 146 Å². The summed E-state index contributed by atoms with van der Waals surface area (Å²) in [6, 6.07) is 51.2. The second-order valence-electron chi connectivity index (χ2n) is 11.5. The first-order valence-corrected chi connectivity index (χ1v) is 15.9. The lowest BCUT2D eigenvalue weighted by atomic mass is 9.48. The van der Waals surface area contributed by atoms with Crippen molar-refractivity contribution in [1.82, 2.24) is 0 Å². The van der Waals surface area contributed by atoms with E-state index in [0.29, 0.717) is 44.8 Å². The standard InChI is InChI=1S/C43H28N4O4/c48-29-44-39-25-21-37(22-26-39)41(33-13-5-1-6-14-33,34-15-7-2-8-16-34)43(46-31-50,47-32-51)42(35-17-9-3-10-18-35,36-19-11-4-12-20-36)38-23-27-40(28-24-38)45-30-49/h1-28H. The van der Waals surface area contributed by atoms with Gasteiger partial charge < -0.3 is 0 Å². The van der Waals surface area contributed by atoms with E-state index in [0.717, 1.165) is 0 Å². The molecule has 0 saturated carbocycles. The molecule has 0 amide bonds. The van der Waals surface area contributed by atoms with E-state index in [2.05, 4.69) is 9.98 Å². The molecule has 6 aromatic carbocycles. The van der Waals surface area contributed by atoms with Gasteiger partial charge in [0.15, 0.2) is 0 Å². The quantitative estimate of drug-likeness (QED) is 0.0742. The fraction of sp³-hybridized carbons (Fsp3) is 0.0698. The summed E-state index contributed by atoms with van der Waals surface area (Å²) in [5, 5.41) is 0. The van der Waals surface area contributed by atoms with Crippen LogP contribution >= 0.6 is 0 Å². The summed E-state index contributed by atoms with van der Waals surface area (Å²) in [6.45, 7) is 0. The van der Waals surface area contributed by atoms with Gasteiger partial charge in [-0.15, -0.1) is 0 Å². The minimum Gasteiger partial charge on any atom is -0.211 e. The van der Waals surface area contributed by atoms with E-state index < -0.39 is 16.5 Å². The number of hydrogen-bond acceptors (Lipinski definition) is 8. The molecule has 0 radical (unpaired) electrons. The summed E-state index contributed by atoms with van der Waals surface area (Å²) >= 11 is 0. The molecule has 6 rings (SSSR count). The van der Waals surface area contributed by atoms with Gasteiger partial charge in [0.05, 0.1) is 22.2 Å². The van der Waals surface area contributed by atoms with Gasteiger partial charge >= 0.3 is 0 Å². The fourth-order valence-electron chi connectivity index (χ4n) is 7.41. The second-order valence-corrected chi connectivity index (χ2v) is 11.5. The van der Waals surface area contributed by atoms with Crippen molar-refractivity contribution in [3.63, 3.8) is 0 Å². The Hall–Kier alpha value is -7.16. The topological polar surface area (TPSA) is 118 Å². The summed E-state index contributed by atoms with van der Waals surface area (Å²) in [5.74, 6) is 0. The molecule has 0 aromatic heterocycles. The minimum absolute atomic E-state index is 0.343. The smallest absolute Gasteiger partial charge is 0.211 e. The number of aliphatic imine (C=N–C) groups is 4. The Bertz CT molecular complexity index is 2060. The van der Waals surface area contributed by atoms with Gasteiger partial charge in [-0.25, -0.2) is 19.2 Å².